The third-order valence-electron chi connectivity index (χ3n) is 8.39. The molecule has 1 aromatic carbocycles. The van der Waals surface area contributed by atoms with Crippen molar-refractivity contribution in [2.24, 2.45) is 7.05 Å². The monoisotopic (exact) mass is 746 g/mol. The van der Waals surface area contributed by atoms with Crippen LogP contribution in [0.5, 0.6) is 0 Å². The highest BCUT2D eigenvalue weighted by Crippen LogP contribution is 2.53. The molecular weight excluding hydrogens is 711 g/mol. The Kier molecular flexibility index (Phi) is 12.3. The Balaban J connectivity index is 0.00000188. The number of imidazole rings is 1. The molecule has 3 atom stereocenters. The van der Waals surface area contributed by atoms with Crippen LogP contribution in [0.3, 0.4) is 0 Å². The van der Waals surface area contributed by atoms with E-state index < -0.39 is 53.7 Å². The summed E-state index contributed by atoms with van der Waals surface area (Å²) in [6, 6.07) is 2.15. The molecular formula is C31H36ClF5N8O6. The molecule has 1 unspecified atom stereocenters. The van der Waals surface area contributed by atoms with Crippen molar-refractivity contribution in [3.8, 4) is 11.3 Å². The van der Waals surface area contributed by atoms with Crippen molar-refractivity contribution in [2.75, 3.05) is 25.5 Å². The highest BCUT2D eigenvalue weighted by molar-refractivity contribution is 6.34. The number of hydrogen-bond donors (Lipinski definition) is 5. The summed E-state index contributed by atoms with van der Waals surface area (Å²) in [5.41, 5.74) is -1.73. The van der Waals surface area contributed by atoms with Crippen molar-refractivity contribution in [1.29, 1.82) is 0 Å². The fourth-order valence-electron chi connectivity index (χ4n) is 5.52. The number of aliphatic hydroxyl groups is 1. The molecule has 2 aliphatic carbocycles. The van der Waals surface area contributed by atoms with Gasteiger partial charge in [-0.2, -0.15) is 18.3 Å². The summed E-state index contributed by atoms with van der Waals surface area (Å²) in [5.74, 6) is -4.69. The van der Waals surface area contributed by atoms with Gasteiger partial charge < -0.3 is 35.6 Å². The van der Waals surface area contributed by atoms with E-state index in [4.69, 9.17) is 21.5 Å². The molecule has 5 N–H and O–H groups in total. The zero-order valence-electron chi connectivity index (χ0n) is 27.4. The summed E-state index contributed by atoms with van der Waals surface area (Å²) >= 11 is 6.31. The molecule has 0 bridgehead atoms. The van der Waals surface area contributed by atoms with Crippen LogP contribution in [0.2, 0.25) is 5.02 Å². The molecule has 2 saturated carbocycles. The van der Waals surface area contributed by atoms with Gasteiger partial charge in [-0.05, 0) is 50.3 Å². The Morgan fingerprint density at radius 1 is 1.18 bits per heavy atom. The van der Waals surface area contributed by atoms with Crippen LogP contribution < -0.4 is 16.0 Å². The van der Waals surface area contributed by atoms with E-state index in [2.05, 4.69) is 26.0 Å². The maximum absolute atomic E-state index is 13.7. The highest BCUT2D eigenvalue weighted by atomic mass is 35.5. The molecule has 278 valence electrons. The van der Waals surface area contributed by atoms with Crippen molar-refractivity contribution >= 4 is 41.6 Å². The number of nitrogens with zero attached hydrogens (tertiary/aromatic N) is 5. The quantitative estimate of drug-likeness (QED) is 0.108. The van der Waals surface area contributed by atoms with Crippen LogP contribution in [-0.4, -0.2) is 97.0 Å². The highest BCUT2D eigenvalue weighted by Gasteiger charge is 2.59. The van der Waals surface area contributed by atoms with Gasteiger partial charge in [0.2, 0.25) is 0 Å². The van der Waals surface area contributed by atoms with Gasteiger partial charge in [0.25, 0.3) is 24.2 Å². The standard InChI is InChI=1S/C30H34ClF5N8O4.CH2O2/c1-42(28(48)40-20-6-5-7-22(20)45)11-4-3-10-37-26(46)17-9-8-16(12-19(17)31)39-27(47)25-38-14-21(43(25)2)18-15-44(23-13-29(23,32)33)41-24(18)30(34,35)36;2-1-3/h8-9,12,14-15,20,22-23,45H,3-7,10-11,13H2,1-2H3,(H,37,46)(H,39,47)(H,40,48);1H,(H,2,3)/t20-,22-,23?;/m0./s1. The number of urea groups is 1. The van der Waals surface area contributed by atoms with Gasteiger partial charge in [-0.1, -0.05) is 11.6 Å². The van der Waals surface area contributed by atoms with Gasteiger partial charge in [-0.25, -0.2) is 18.6 Å². The average Bonchev–Trinajstić information content (AvgIpc) is 3.43. The number of alkyl halides is 5. The van der Waals surface area contributed by atoms with Gasteiger partial charge in [0.1, 0.15) is 6.04 Å². The number of amides is 4. The first-order valence-corrected chi connectivity index (χ1v) is 16.1. The number of unbranched alkanes of at least 4 members (excludes halogenated alkanes) is 1. The van der Waals surface area contributed by atoms with Gasteiger partial charge in [-0.3, -0.25) is 19.1 Å². The summed E-state index contributed by atoms with van der Waals surface area (Å²) in [7, 11) is 2.96. The molecule has 14 nitrogen and oxygen atoms in total. The van der Waals surface area contributed by atoms with E-state index >= 15 is 0 Å². The van der Waals surface area contributed by atoms with Gasteiger partial charge in [0, 0.05) is 45.5 Å². The van der Waals surface area contributed by atoms with E-state index in [0.717, 1.165) is 29.8 Å². The Labute approximate surface area is 292 Å². The molecule has 0 aliphatic heterocycles. The van der Waals surface area contributed by atoms with Crippen molar-refractivity contribution in [3.63, 3.8) is 0 Å². The molecule has 2 aromatic heterocycles. The number of carboxylic acid groups (broad SMARTS) is 1. The number of rotatable bonds is 11. The number of nitrogens with one attached hydrogen (secondary N) is 3. The molecule has 0 radical (unpaired) electrons. The third kappa shape index (κ3) is 9.52. The lowest BCUT2D eigenvalue weighted by molar-refractivity contribution is -0.141. The van der Waals surface area contributed by atoms with E-state index in [9.17, 15) is 41.4 Å². The number of hydrogen-bond acceptors (Lipinski definition) is 7. The SMILES string of the molecule is CN(CCCCNC(=O)c1ccc(NC(=O)c2ncc(-c3cn(C4CC4(F)F)nc3C(F)(F)F)n2C)cc1Cl)C(=O)N[C@H]1CCC[C@@H]1O.O=CO. The van der Waals surface area contributed by atoms with Crippen molar-refractivity contribution in [2.45, 2.75) is 68.8 Å². The van der Waals surface area contributed by atoms with Crippen molar-refractivity contribution < 1.29 is 51.3 Å². The van der Waals surface area contributed by atoms with E-state index in [0.29, 0.717) is 37.0 Å². The van der Waals surface area contributed by atoms with Crippen molar-refractivity contribution in [1.82, 2.24) is 34.9 Å². The second kappa shape index (κ2) is 16.1. The fraction of sp³-hybridized carbons (Fsp3) is 0.484. The number of anilines is 1. The first kappa shape index (κ1) is 39.0. The maximum atomic E-state index is 13.7. The molecule has 5 rings (SSSR count). The van der Waals surface area contributed by atoms with Gasteiger partial charge in [0.05, 0.1) is 40.2 Å². The lowest BCUT2D eigenvalue weighted by Gasteiger charge is -2.22. The molecule has 51 heavy (non-hydrogen) atoms. The minimum Gasteiger partial charge on any atom is -0.483 e. The Hall–Kier alpha value is -4.78. The van der Waals surface area contributed by atoms with Crippen LogP contribution in [0.1, 0.15) is 71.2 Å². The number of benzene rings is 1. The predicted molar refractivity (Wildman–Crippen MR) is 173 cm³/mol. The number of carbonyl (C=O) groups excluding carboxylic acids is 3. The molecule has 0 spiro atoms. The van der Waals surface area contributed by atoms with E-state index in [1.807, 2.05) is 0 Å². The first-order chi connectivity index (χ1) is 24.0. The summed E-state index contributed by atoms with van der Waals surface area (Å²) in [6.45, 7) is 0.508. The molecule has 3 aromatic rings. The molecule has 0 saturated heterocycles. The Bertz CT molecular complexity index is 1750. The first-order valence-electron chi connectivity index (χ1n) is 15.7. The lowest BCUT2D eigenvalue weighted by Crippen LogP contribution is -2.46. The van der Waals surface area contributed by atoms with E-state index in [1.54, 1.807) is 7.05 Å². The minimum atomic E-state index is -4.95. The fourth-order valence-corrected chi connectivity index (χ4v) is 5.79. The molecule has 2 heterocycles. The van der Waals surface area contributed by atoms with Gasteiger partial charge in [0.15, 0.2) is 11.5 Å². The number of carbonyl (C=O) groups is 4. The van der Waals surface area contributed by atoms with E-state index in [1.165, 1.54) is 30.1 Å². The zero-order chi connectivity index (χ0) is 37.7. The Morgan fingerprint density at radius 2 is 1.86 bits per heavy atom. The zero-order valence-corrected chi connectivity index (χ0v) is 28.1. The van der Waals surface area contributed by atoms with E-state index in [-0.39, 0.29) is 46.3 Å². The normalized spacial score (nSPS) is 19.0. The Morgan fingerprint density at radius 3 is 2.45 bits per heavy atom. The lowest BCUT2D eigenvalue weighted by atomic mass is 10.2. The largest absolute Gasteiger partial charge is 0.483 e. The molecule has 2 aliphatic rings. The van der Waals surface area contributed by atoms with Crippen LogP contribution in [0, 0.1) is 0 Å². The summed E-state index contributed by atoms with van der Waals surface area (Å²) in [6.07, 6.45) is -0.741. The summed E-state index contributed by atoms with van der Waals surface area (Å²) in [5, 5.41) is 28.3. The van der Waals surface area contributed by atoms with Gasteiger partial charge in [-0.15, -0.1) is 0 Å². The second-order valence-corrected chi connectivity index (χ2v) is 12.5. The van der Waals surface area contributed by atoms with Crippen molar-refractivity contribution in [3.05, 3.63) is 52.7 Å². The maximum Gasteiger partial charge on any atom is 0.435 e. The van der Waals surface area contributed by atoms with Crippen LogP contribution in [0.4, 0.5) is 32.4 Å². The summed E-state index contributed by atoms with van der Waals surface area (Å²) < 4.78 is 69.9. The van der Waals surface area contributed by atoms with Crippen LogP contribution in [0.25, 0.3) is 11.3 Å². The van der Waals surface area contributed by atoms with Gasteiger partial charge >= 0.3 is 12.2 Å². The number of aromatic nitrogens is 4. The minimum absolute atomic E-state index is 0.0236. The average molecular weight is 747 g/mol. The molecule has 2 fully saturated rings. The topological polar surface area (TPSA) is 184 Å². The van der Waals surface area contributed by atoms with Crippen LogP contribution in [-0.2, 0) is 18.0 Å². The molecule has 20 heteroatoms. The predicted octanol–water partition coefficient (Wildman–Crippen LogP) is 4.55. The van der Waals surface area contributed by atoms with Crippen LogP contribution in [0.15, 0.2) is 30.6 Å². The smallest absolute Gasteiger partial charge is 0.435 e. The number of aliphatic hydroxyl groups excluding tert-OH is 1. The number of halogens is 6. The molecule has 4 amide bonds. The third-order valence-corrected chi connectivity index (χ3v) is 8.71. The summed E-state index contributed by atoms with van der Waals surface area (Å²) in [4.78, 5) is 51.8. The van der Waals surface area contributed by atoms with Crippen LogP contribution >= 0.6 is 11.6 Å². The second-order valence-electron chi connectivity index (χ2n) is 12.1.